The molecule has 0 radical (unpaired) electrons. The van der Waals surface area contributed by atoms with Crippen molar-refractivity contribution in [3.63, 3.8) is 0 Å². The molecule has 0 fully saturated rings. The van der Waals surface area contributed by atoms with Crippen molar-refractivity contribution >= 4 is 5.97 Å². The molecule has 0 aliphatic rings. The van der Waals surface area contributed by atoms with Gasteiger partial charge in [-0.05, 0) is 37.1 Å². The van der Waals surface area contributed by atoms with Crippen molar-refractivity contribution in [1.82, 2.24) is 9.97 Å². The van der Waals surface area contributed by atoms with Crippen molar-refractivity contribution < 1.29 is 14.3 Å². The molecule has 1 heterocycles. The normalized spacial score (nSPS) is 10.7. The van der Waals surface area contributed by atoms with Crippen LogP contribution >= 0.6 is 0 Å². The lowest BCUT2D eigenvalue weighted by Crippen LogP contribution is -2.07. The van der Waals surface area contributed by atoms with Gasteiger partial charge in [0.25, 0.3) is 0 Å². The number of aromatic nitrogens is 2. The average Bonchev–Trinajstić information content (AvgIpc) is 2.75. The Morgan fingerprint density at radius 1 is 0.793 bits per heavy atom. The summed E-state index contributed by atoms with van der Waals surface area (Å²) in [5, 5.41) is 0. The Labute approximate surface area is 174 Å². The average molecular weight is 399 g/mol. The molecule has 2 rings (SSSR count). The second kappa shape index (κ2) is 13.7. The number of unbranched alkanes of at least 4 members (excludes halogenated alkanes) is 7. The first-order chi connectivity index (χ1) is 14.2. The Morgan fingerprint density at radius 2 is 1.41 bits per heavy atom. The maximum Gasteiger partial charge on any atom is 0.311 e. The van der Waals surface area contributed by atoms with Crippen molar-refractivity contribution in [3.8, 4) is 22.9 Å². The van der Waals surface area contributed by atoms with Gasteiger partial charge in [-0.3, -0.25) is 4.79 Å². The Kier molecular flexibility index (Phi) is 10.8. The molecule has 0 aliphatic heterocycles. The van der Waals surface area contributed by atoms with E-state index in [9.17, 15) is 4.79 Å². The Balaban J connectivity index is 1.73. The molecule has 2 aromatic rings. The smallest absolute Gasteiger partial charge is 0.311 e. The van der Waals surface area contributed by atoms with Gasteiger partial charge in [0, 0.05) is 12.0 Å². The van der Waals surface area contributed by atoms with Crippen molar-refractivity contribution in [3.05, 3.63) is 36.7 Å². The maximum atomic E-state index is 11.7. The van der Waals surface area contributed by atoms with Crippen molar-refractivity contribution in [2.45, 2.75) is 78.1 Å². The molecule has 1 aromatic heterocycles. The topological polar surface area (TPSA) is 61.3 Å². The molecule has 0 bridgehead atoms. The lowest BCUT2D eigenvalue weighted by Gasteiger charge is -2.07. The van der Waals surface area contributed by atoms with Crippen LogP contribution in [0.25, 0.3) is 11.4 Å². The number of carbonyl (C=O) groups excluding carboxylic acids is 1. The molecule has 0 amide bonds. The van der Waals surface area contributed by atoms with Gasteiger partial charge in [0.05, 0.1) is 19.0 Å². The third kappa shape index (κ3) is 9.07. The highest BCUT2D eigenvalue weighted by Crippen LogP contribution is 2.21. The third-order valence-corrected chi connectivity index (χ3v) is 4.72. The molecule has 5 heteroatoms. The summed E-state index contributed by atoms with van der Waals surface area (Å²) in [4.78, 5) is 20.5. The Bertz CT molecular complexity index is 699. The predicted molar refractivity (Wildman–Crippen MR) is 116 cm³/mol. The summed E-state index contributed by atoms with van der Waals surface area (Å²) in [6.07, 6.45) is 14.5. The molecule has 1 aromatic carbocycles. The summed E-state index contributed by atoms with van der Waals surface area (Å²) in [6, 6.07) is 7.26. The first-order valence-corrected chi connectivity index (χ1v) is 11.0. The van der Waals surface area contributed by atoms with Crippen LogP contribution in [0.5, 0.6) is 11.5 Å². The second-order valence-electron chi connectivity index (χ2n) is 7.31. The van der Waals surface area contributed by atoms with Crippen molar-refractivity contribution in [2.75, 3.05) is 6.61 Å². The van der Waals surface area contributed by atoms with Crippen LogP contribution in [-0.4, -0.2) is 22.5 Å². The van der Waals surface area contributed by atoms with Gasteiger partial charge in [0.15, 0.2) is 11.6 Å². The standard InChI is InChI=1S/C24H34N2O3/c1-3-5-7-8-9-10-11-17-28-22-18-25-24(26-19-22)20-13-15-21(16-14-20)29-23(27)12-6-4-2/h13-16,18-19H,3-12,17H2,1-2H3. The van der Waals surface area contributed by atoms with Crippen LogP contribution in [0, 0.1) is 0 Å². The first kappa shape index (κ1) is 22.9. The highest BCUT2D eigenvalue weighted by atomic mass is 16.5. The predicted octanol–water partition coefficient (Wildman–Crippen LogP) is 6.37. The number of benzene rings is 1. The monoisotopic (exact) mass is 398 g/mol. The molecule has 0 unspecified atom stereocenters. The van der Waals surface area contributed by atoms with E-state index in [1.165, 1.54) is 38.5 Å². The Morgan fingerprint density at radius 3 is 2.07 bits per heavy atom. The van der Waals surface area contributed by atoms with Gasteiger partial charge in [0.1, 0.15) is 5.75 Å². The van der Waals surface area contributed by atoms with E-state index in [-0.39, 0.29) is 5.97 Å². The minimum absolute atomic E-state index is 0.196. The zero-order valence-electron chi connectivity index (χ0n) is 17.9. The lowest BCUT2D eigenvalue weighted by molar-refractivity contribution is -0.134. The zero-order valence-corrected chi connectivity index (χ0v) is 17.9. The fourth-order valence-corrected chi connectivity index (χ4v) is 2.96. The summed E-state index contributed by atoms with van der Waals surface area (Å²) >= 11 is 0. The van der Waals surface area contributed by atoms with E-state index in [0.29, 0.717) is 30.4 Å². The number of nitrogens with zero attached hydrogens (tertiary/aromatic N) is 2. The number of rotatable bonds is 14. The van der Waals surface area contributed by atoms with Crippen LogP contribution in [0.1, 0.15) is 78.1 Å². The summed E-state index contributed by atoms with van der Waals surface area (Å²) < 4.78 is 11.1. The van der Waals surface area contributed by atoms with E-state index in [1.54, 1.807) is 24.5 Å². The summed E-state index contributed by atoms with van der Waals surface area (Å²) in [6.45, 7) is 4.99. The number of hydrogen-bond acceptors (Lipinski definition) is 5. The van der Waals surface area contributed by atoms with E-state index in [1.807, 2.05) is 19.1 Å². The van der Waals surface area contributed by atoms with E-state index in [0.717, 1.165) is 24.8 Å². The number of carbonyl (C=O) groups is 1. The fourth-order valence-electron chi connectivity index (χ4n) is 2.96. The van der Waals surface area contributed by atoms with Crippen molar-refractivity contribution in [2.24, 2.45) is 0 Å². The number of ether oxygens (including phenoxy) is 2. The van der Waals surface area contributed by atoms with Crippen LogP contribution in [0.2, 0.25) is 0 Å². The lowest BCUT2D eigenvalue weighted by atomic mass is 10.1. The Hall–Kier alpha value is -2.43. The van der Waals surface area contributed by atoms with Crippen LogP contribution in [-0.2, 0) is 4.79 Å². The molecule has 0 saturated carbocycles. The first-order valence-electron chi connectivity index (χ1n) is 11.0. The second-order valence-corrected chi connectivity index (χ2v) is 7.31. The van der Waals surface area contributed by atoms with E-state index < -0.39 is 0 Å². The van der Waals surface area contributed by atoms with Crippen LogP contribution in [0.4, 0.5) is 0 Å². The molecular formula is C24H34N2O3. The summed E-state index contributed by atoms with van der Waals surface area (Å²) in [5.74, 6) is 1.67. The molecule has 0 spiro atoms. The number of esters is 1. The van der Waals surface area contributed by atoms with Crippen LogP contribution in [0.15, 0.2) is 36.7 Å². The fraction of sp³-hybridized carbons (Fsp3) is 0.542. The van der Waals surface area contributed by atoms with Crippen molar-refractivity contribution in [1.29, 1.82) is 0 Å². The largest absolute Gasteiger partial charge is 0.490 e. The van der Waals surface area contributed by atoms with E-state index >= 15 is 0 Å². The molecule has 5 nitrogen and oxygen atoms in total. The summed E-state index contributed by atoms with van der Waals surface area (Å²) in [7, 11) is 0. The number of hydrogen-bond donors (Lipinski definition) is 0. The highest BCUT2D eigenvalue weighted by molar-refractivity contribution is 5.72. The van der Waals surface area contributed by atoms with Crippen LogP contribution < -0.4 is 9.47 Å². The minimum atomic E-state index is -0.196. The van der Waals surface area contributed by atoms with E-state index in [2.05, 4.69) is 16.9 Å². The van der Waals surface area contributed by atoms with Gasteiger partial charge < -0.3 is 9.47 Å². The molecule has 0 N–H and O–H groups in total. The van der Waals surface area contributed by atoms with Gasteiger partial charge in [-0.2, -0.15) is 0 Å². The SMILES string of the molecule is CCCCCCCCCOc1cnc(-c2ccc(OC(=O)CCCC)cc2)nc1. The van der Waals surface area contributed by atoms with E-state index in [4.69, 9.17) is 9.47 Å². The molecule has 0 atom stereocenters. The third-order valence-electron chi connectivity index (χ3n) is 4.72. The minimum Gasteiger partial charge on any atom is -0.490 e. The van der Waals surface area contributed by atoms with Gasteiger partial charge in [-0.25, -0.2) is 9.97 Å². The maximum absolute atomic E-state index is 11.7. The van der Waals surface area contributed by atoms with Gasteiger partial charge >= 0.3 is 5.97 Å². The molecule has 0 aliphatic carbocycles. The highest BCUT2D eigenvalue weighted by Gasteiger charge is 2.06. The molecular weight excluding hydrogens is 364 g/mol. The quantitative estimate of drug-likeness (QED) is 0.210. The zero-order chi connectivity index (χ0) is 20.7. The van der Waals surface area contributed by atoms with Crippen LogP contribution in [0.3, 0.4) is 0 Å². The molecule has 0 saturated heterocycles. The van der Waals surface area contributed by atoms with Gasteiger partial charge in [-0.15, -0.1) is 0 Å². The van der Waals surface area contributed by atoms with Gasteiger partial charge in [0.2, 0.25) is 0 Å². The summed E-state index contributed by atoms with van der Waals surface area (Å²) in [5.41, 5.74) is 0.872. The van der Waals surface area contributed by atoms with Gasteiger partial charge in [-0.1, -0.05) is 58.8 Å². The molecule has 158 valence electrons. The molecule has 29 heavy (non-hydrogen) atoms.